The van der Waals surface area contributed by atoms with Gasteiger partial charge in [-0.1, -0.05) is 60.7 Å². The third kappa shape index (κ3) is 2.09. The van der Waals surface area contributed by atoms with Crippen molar-refractivity contribution in [3.8, 4) is 22.3 Å². The summed E-state index contributed by atoms with van der Waals surface area (Å²) in [7, 11) is 2.09. The largest absolute Gasteiger partial charge is 0.293 e. The van der Waals surface area contributed by atoms with Crippen LogP contribution in [0.2, 0.25) is 0 Å². The summed E-state index contributed by atoms with van der Waals surface area (Å²) < 4.78 is 4.36. The molecule has 0 aliphatic heterocycles. The molecule has 0 radical (unpaired) electrons. The molecule has 2 aromatic heterocycles. The van der Waals surface area contributed by atoms with Crippen LogP contribution in [0.25, 0.3) is 27.9 Å². The average Bonchev–Trinajstić information content (AvgIpc) is 2.97. The van der Waals surface area contributed by atoms with Gasteiger partial charge in [-0.15, -0.1) is 0 Å². The summed E-state index contributed by atoms with van der Waals surface area (Å²) in [6.07, 6.45) is 6.39. The molecule has 2 heteroatoms. The van der Waals surface area contributed by atoms with Crippen molar-refractivity contribution < 1.29 is 4.57 Å². The zero-order chi connectivity index (χ0) is 14.9. The fourth-order valence-corrected chi connectivity index (χ4v) is 2.95. The van der Waals surface area contributed by atoms with Gasteiger partial charge in [-0.05, 0) is 17.2 Å². The molecular weight excluding hydrogens is 268 g/mol. The lowest BCUT2D eigenvalue weighted by atomic mass is 10.0. The molecule has 22 heavy (non-hydrogen) atoms. The molecule has 0 spiro atoms. The van der Waals surface area contributed by atoms with Crippen LogP contribution in [0, 0.1) is 0 Å². The van der Waals surface area contributed by atoms with Crippen molar-refractivity contribution >= 4 is 5.65 Å². The van der Waals surface area contributed by atoms with E-state index >= 15 is 0 Å². The second-order valence-corrected chi connectivity index (χ2v) is 5.51. The summed E-state index contributed by atoms with van der Waals surface area (Å²) in [5.74, 6) is 0. The number of rotatable bonds is 2. The maximum absolute atomic E-state index is 2.28. The highest BCUT2D eigenvalue weighted by Crippen LogP contribution is 2.28. The van der Waals surface area contributed by atoms with E-state index in [2.05, 4.69) is 101 Å². The number of nitrogens with zero attached hydrogens (tertiary/aromatic N) is 2. The Bertz CT molecular complexity index is 922. The molecule has 0 aliphatic rings. The highest BCUT2D eigenvalue weighted by Gasteiger charge is 2.16. The van der Waals surface area contributed by atoms with Gasteiger partial charge in [0.05, 0.1) is 12.6 Å². The van der Waals surface area contributed by atoms with Crippen LogP contribution >= 0.6 is 0 Å². The summed E-state index contributed by atoms with van der Waals surface area (Å²) in [5, 5.41) is 0. The fourth-order valence-electron chi connectivity index (χ4n) is 2.95. The highest BCUT2D eigenvalue weighted by atomic mass is 15.1. The van der Waals surface area contributed by atoms with Crippen LogP contribution in [-0.4, -0.2) is 4.40 Å². The van der Waals surface area contributed by atoms with Crippen LogP contribution in [0.3, 0.4) is 0 Å². The van der Waals surface area contributed by atoms with E-state index in [9.17, 15) is 0 Å². The lowest BCUT2D eigenvalue weighted by Crippen LogP contribution is -2.26. The normalized spacial score (nSPS) is 11.0. The Kier molecular flexibility index (Phi) is 3.01. The Balaban J connectivity index is 2.03. The van der Waals surface area contributed by atoms with E-state index in [-0.39, 0.29) is 0 Å². The Hall–Kier alpha value is -2.87. The third-order valence-electron chi connectivity index (χ3n) is 4.04. The third-order valence-corrected chi connectivity index (χ3v) is 4.04. The molecule has 0 N–H and O–H groups in total. The van der Waals surface area contributed by atoms with Crippen LogP contribution in [0.5, 0.6) is 0 Å². The summed E-state index contributed by atoms with van der Waals surface area (Å²) in [5.41, 5.74) is 6.14. The predicted octanol–water partition coefficient (Wildman–Crippen LogP) is 4.10. The van der Waals surface area contributed by atoms with Crippen molar-refractivity contribution in [2.24, 2.45) is 7.05 Å². The van der Waals surface area contributed by atoms with Crippen LogP contribution < -0.4 is 4.57 Å². The number of benzene rings is 2. The molecule has 0 atom stereocenters. The Morgan fingerprint density at radius 3 is 2.09 bits per heavy atom. The van der Waals surface area contributed by atoms with E-state index < -0.39 is 0 Å². The molecule has 0 aliphatic carbocycles. The molecule has 0 unspecified atom stereocenters. The summed E-state index contributed by atoms with van der Waals surface area (Å²) in [6.45, 7) is 0. The molecule has 0 fully saturated rings. The van der Waals surface area contributed by atoms with E-state index in [1.165, 1.54) is 27.9 Å². The van der Waals surface area contributed by atoms with E-state index in [1.54, 1.807) is 0 Å². The molecule has 0 bridgehead atoms. The lowest BCUT2D eigenvalue weighted by Gasteiger charge is -2.06. The molecular formula is C20H17N2+. The van der Waals surface area contributed by atoms with Gasteiger partial charge in [0, 0.05) is 5.56 Å². The van der Waals surface area contributed by atoms with Gasteiger partial charge in [0.2, 0.25) is 0 Å². The van der Waals surface area contributed by atoms with Gasteiger partial charge in [-0.25, -0.2) is 8.97 Å². The first kappa shape index (κ1) is 12.8. The number of hydrogen-bond acceptors (Lipinski definition) is 0. The average molecular weight is 285 g/mol. The van der Waals surface area contributed by atoms with Gasteiger partial charge in [0.15, 0.2) is 0 Å². The highest BCUT2D eigenvalue weighted by molar-refractivity contribution is 5.80. The van der Waals surface area contributed by atoms with Crippen molar-refractivity contribution in [3.63, 3.8) is 0 Å². The molecule has 4 aromatic rings. The molecule has 2 heterocycles. The lowest BCUT2D eigenvalue weighted by molar-refractivity contribution is -0.644. The second-order valence-electron chi connectivity index (χ2n) is 5.51. The minimum absolute atomic E-state index is 1.20. The van der Waals surface area contributed by atoms with Gasteiger partial charge < -0.3 is 0 Å². The number of pyridine rings is 1. The summed E-state index contributed by atoms with van der Waals surface area (Å²) in [6, 6.07) is 23.4. The standard InChI is InChI=1S/C20H17N2/c1-21-12-13-22-15-18(16-8-4-2-5-9-16)14-19(20(21)22)17-10-6-3-7-11-17/h2-15H,1H3/q+1. The fraction of sp³-hybridized carbons (Fsp3) is 0.0500. The van der Waals surface area contributed by atoms with Gasteiger partial charge in [-0.3, -0.25) is 0 Å². The van der Waals surface area contributed by atoms with Crippen molar-refractivity contribution in [1.29, 1.82) is 0 Å². The minimum atomic E-state index is 1.20. The molecule has 2 nitrogen and oxygen atoms in total. The van der Waals surface area contributed by atoms with Gasteiger partial charge in [-0.2, -0.15) is 0 Å². The molecule has 0 saturated heterocycles. The molecule has 2 aromatic carbocycles. The van der Waals surface area contributed by atoms with E-state index in [0.717, 1.165) is 0 Å². The Morgan fingerprint density at radius 2 is 1.41 bits per heavy atom. The molecule has 4 rings (SSSR count). The first-order valence-corrected chi connectivity index (χ1v) is 7.44. The Labute approximate surface area is 129 Å². The van der Waals surface area contributed by atoms with Crippen LogP contribution in [0.1, 0.15) is 0 Å². The minimum Gasteiger partial charge on any atom is -0.232 e. The number of hydrogen-bond donors (Lipinski definition) is 0. The van der Waals surface area contributed by atoms with Crippen molar-refractivity contribution in [3.05, 3.63) is 85.3 Å². The maximum Gasteiger partial charge on any atom is 0.293 e. The van der Waals surface area contributed by atoms with Crippen molar-refractivity contribution in [1.82, 2.24) is 4.40 Å². The quantitative estimate of drug-likeness (QED) is 0.490. The van der Waals surface area contributed by atoms with Gasteiger partial charge in [0.25, 0.3) is 5.65 Å². The molecule has 0 amide bonds. The Morgan fingerprint density at radius 1 is 0.773 bits per heavy atom. The first-order chi connectivity index (χ1) is 10.8. The van der Waals surface area contributed by atoms with Gasteiger partial charge >= 0.3 is 0 Å². The maximum atomic E-state index is 2.28. The van der Waals surface area contributed by atoms with Crippen molar-refractivity contribution in [2.75, 3.05) is 0 Å². The topological polar surface area (TPSA) is 8.29 Å². The first-order valence-electron chi connectivity index (χ1n) is 7.44. The SMILES string of the molecule is C[n+]1ccn2cc(-c3ccccc3)cc(-c3ccccc3)c21. The number of aryl methyl sites for hydroxylation is 1. The van der Waals surface area contributed by atoms with Crippen LogP contribution in [0.15, 0.2) is 85.3 Å². The summed E-state index contributed by atoms with van der Waals surface area (Å²) in [4.78, 5) is 0. The van der Waals surface area contributed by atoms with Crippen molar-refractivity contribution in [2.45, 2.75) is 0 Å². The monoisotopic (exact) mass is 285 g/mol. The predicted molar refractivity (Wildman–Crippen MR) is 89.4 cm³/mol. The second kappa shape index (κ2) is 5.15. The van der Waals surface area contributed by atoms with Crippen LogP contribution in [-0.2, 0) is 7.05 Å². The molecule has 106 valence electrons. The number of imidazole rings is 1. The van der Waals surface area contributed by atoms with Gasteiger partial charge in [0.1, 0.15) is 18.6 Å². The van der Waals surface area contributed by atoms with E-state index in [0.29, 0.717) is 0 Å². The number of aromatic nitrogens is 2. The smallest absolute Gasteiger partial charge is 0.232 e. The van der Waals surface area contributed by atoms with E-state index in [4.69, 9.17) is 0 Å². The van der Waals surface area contributed by atoms with Crippen LogP contribution in [0.4, 0.5) is 0 Å². The molecule has 0 saturated carbocycles. The zero-order valence-corrected chi connectivity index (χ0v) is 12.5. The summed E-state index contributed by atoms with van der Waals surface area (Å²) >= 11 is 0. The van der Waals surface area contributed by atoms with E-state index in [1.807, 2.05) is 0 Å². The number of fused-ring (bicyclic) bond motifs is 1. The zero-order valence-electron chi connectivity index (χ0n) is 12.5.